The van der Waals surface area contributed by atoms with Crippen molar-refractivity contribution in [2.45, 2.75) is 18.9 Å². The number of nitrogens with one attached hydrogen (secondary N) is 1. The molecule has 3 heterocycles. The number of nitrogens with zero attached hydrogens (tertiary/aromatic N) is 5. The summed E-state index contributed by atoms with van der Waals surface area (Å²) < 4.78 is 10.9. The Morgan fingerprint density at radius 2 is 1.73 bits per heavy atom. The van der Waals surface area contributed by atoms with Gasteiger partial charge in [-0.2, -0.15) is 0 Å². The quantitative estimate of drug-likeness (QED) is 0.208. The van der Waals surface area contributed by atoms with Gasteiger partial charge in [0.2, 0.25) is 5.91 Å². The average Bonchev–Trinajstić information content (AvgIpc) is 3.24. The second kappa shape index (κ2) is 13.7. The molecule has 0 aromatic heterocycles. The maximum absolute atomic E-state index is 12.0. The summed E-state index contributed by atoms with van der Waals surface area (Å²) in [5.41, 5.74) is 0. The number of hydrogen-bond acceptors (Lipinski definition) is 6. The molecule has 1 N–H and O–H groups in total. The molecule has 1 unspecified atom stereocenters. The first-order valence-corrected chi connectivity index (χ1v) is 11.0. The van der Waals surface area contributed by atoms with Crippen molar-refractivity contribution >= 4 is 35.8 Å². The zero-order chi connectivity index (χ0) is 20.5. The highest BCUT2D eigenvalue weighted by molar-refractivity contribution is 14.0. The minimum Gasteiger partial charge on any atom is -0.379 e. The van der Waals surface area contributed by atoms with Crippen LogP contribution in [0.3, 0.4) is 0 Å². The van der Waals surface area contributed by atoms with Gasteiger partial charge in [0.25, 0.3) is 0 Å². The second-order valence-electron chi connectivity index (χ2n) is 8.20. The Bertz CT molecular complexity index is 539. The smallest absolute Gasteiger partial charge is 0.243 e. The highest BCUT2D eigenvalue weighted by Crippen LogP contribution is 2.17. The van der Waals surface area contributed by atoms with Gasteiger partial charge in [0.1, 0.15) is 6.54 Å². The molecule has 3 saturated heterocycles. The summed E-state index contributed by atoms with van der Waals surface area (Å²) in [7, 11) is 3.55. The summed E-state index contributed by atoms with van der Waals surface area (Å²) in [6.07, 6.45) is 2.19. The number of ether oxygens (including phenoxy) is 2. The van der Waals surface area contributed by atoms with Crippen molar-refractivity contribution < 1.29 is 14.3 Å². The molecule has 174 valence electrons. The van der Waals surface area contributed by atoms with Crippen LogP contribution in [0.4, 0.5) is 0 Å². The van der Waals surface area contributed by atoms with Crippen LogP contribution >= 0.6 is 24.0 Å². The topological polar surface area (TPSA) is 72.9 Å². The van der Waals surface area contributed by atoms with Crippen LogP contribution in [0.25, 0.3) is 0 Å². The fourth-order valence-corrected chi connectivity index (χ4v) is 4.05. The van der Waals surface area contributed by atoms with E-state index >= 15 is 0 Å². The van der Waals surface area contributed by atoms with Gasteiger partial charge in [-0.05, 0) is 19.4 Å². The maximum atomic E-state index is 12.0. The standard InChI is InChI=1S/C20H38N6O3.HI/c1-23(2)19(27)16-22-20(21-5-3-6-24-8-12-28-13-9-24)26-7-4-18(17-26)25-10-14-29-15-11-25;/h18H,3-17H2,1-2H3,(H,21,22);1H. The first-order valence-electron chi connectivity index (χ1n) is 11.0. The molecule has 3 rings (SSSR count). The van der Waals surface area contributed by atoms with Crippen molar-refractivity contribution in [3.8, 4) is 0 Å². The third kappa shape index (κ3) is 8.10. The number of halogens is 1. The van der Waals surface area contributed by atoms with Crippen molar-refractivity contribution in [3.05, 3.63) is 0 Å². The molecule has 30 heavy (non-hydrogen) atoms. The van der Waals surface area contributed by atoms with Crippen LogP contribution in [-0.2, 0) is 14.3 Å². The van der Waals surface area contributed by atoms with Crippen LogP contribution in [-0.4, -0.2) is 137 Å². The normalized spacial score (nSPS) is 23.9. The van der Waals surface area contributed by atoms with Gasteiger partial charge in [0.15, 0.2) is 5.96 Å². The Hall–Kier alpha value is -0.690. The lowest BCUT2D eigenvalue weighted by Gasteiger charge is -2.32. The molecule has 3 fully saturated rings. The van der Waals surface area contributed by atoms with E-state index in [1.54, 1.807) is 19.0 Å². The number of guanidine groups is 1. The molecule has 0 radical (unpaired) electrons. The minimum absolute atomic E-state index is 0. The Labute approximate surface area is 198 Å². The average molecular weight is 538 g/mol. The number of hydrogen-bond donors (Lipinski definition) is 1. The van der Waals surface area contributed by atoms with Gasteiger partial charge < -0.3 is 24.6 Å². The maximum Gasteiger partial charge on any atom is 0.243 e. The van der Waals surface area contributed by atoms with Crippen molar-refractivity contribution in [1.82, 2.24) is 24.9 Å². The molecule has 0 aromatic rings. The van der Waals surface area contributed by atoms with Gasteiger partial charge in [0.05, 0.1) is 26.4 Å². The van der Waals surface area contributed by atoms with Gasteiger partial charge in [0, 0.05) is 66.0 Å². The highest BCUT2D eigenvalue weighted by Gasteiger charge is 2.30. The van der Waals surface area contributed by atoms with E-state index < -0.39 is 0 Å². The number of rotatable bonds is 7. The highest BCUT2D eigenvalue weighted by atomic mass is 127. The fourth-order valence-electron chi connectivity index (χ4n) is 4.05. The van der Waals surface area contributed by atoms with E-state index in [2.05, 4.69) is 25.0 Å². The lowest BCUT2D eigenvalue weighted by atomic mass is 10.2. The number of aliphatic imine (C=N–C) groups is 1. The largest absolute Gasteiger partial charge is 0.379 e. The minimum atomic E-state index is 0. The molecule has 0 aliphatic carbocycles. The summed E-state index contributed by atoms with van der Waals surface area (Å²) in [5.74, 6) is 0.902. The van der Waals surface area contributed by atoms with E-state index in [-0.39, 0.29) is 36.4 Å². The zero-order valence-corrected chi connectivity index (χ0v) is 20.9. The molecular weight excluding hydrogens is 499 g/mol. The monoisotopic (exact) mass is 538 g/mol. The van der Waals surface area contributed by atoms with Crippen molar-refractivity contribution in [3.63, 3.8) is 0 Å². The number of likely N-dealkylation sites (tertiary alicyclic amines) is 1. The molecule has 0 saturated carbocycles. The zero-order valence-electron chi connectivity index (χ0n) is 18.6. The molecule has 10 heteroatoms. The van der Waals surface area contributed by atoms with Crippen LogP contribution in [0.1, 0.15) is 12.8 Å². The molecular formula is C20H39IN6O3. The van der Waals surface area contributed by atoms with Crippen molar-refractivity contribution in [2.75, 3.05) is 99.4 Å². The van der Waals surface area contributed by atoms with Crippen LogP contribution in [0, 0.1) is 0 Å². The van der Waals surface area contributed by atoms with E-state index in [0.29, 0.717) is 6.04 Å². The molecule has 1 atom stereocenters. The van der Waals surface area contributed by atoms with E-state index in [1.165, 1.54) is 0 Å². The predicted molar refractivity (Wildman–Crippen MR) is 129 cm³/mol. The molecule has 3 aliphatic heterocycles. The number of carbonyl (C=O) groups excluding carboxylic acids is 1. The second-order valence-corrected chi connectivity index (χ2v) is 8.20. The molecule has 9 nitrogen and oxygen atoms in total. The van der Waals surface area contributed by atoms with Crippen LogP contribution < -0.4 is 5.32 Å². The van der Waals surface area contributed by atoms with Crippen LogP contribution in [0.2, 0.25) is 0 Å². The van der Waals surface area contributed by atoms with E-state index in [9.17, 15) is 4.79 Å². The summed E-state index contributed by atoms with van der Waals surface area (Å²) in [4.78, 5) is 25.6. The third-order valence-electron chi connectivity index (χ3n) is 5.93. The number of carbonyl (C=O) groups is 1. The van der Waals surface area contributed by atoms with E-state index in [0.717, 1.165) is 97.6 Å². The lowest BCUT2D eigenvalue weighted by molar-refractivity contribution is -0.127. The molecule has 0 spiro atoms. The van der Waals surface area contributed by atoms with E-state index in [4.69, 9.17) is 9.47 Å². The van der Waals surface area contributed by atoms with Gasteiger partial charge >= 0.3 is 0 Å². The Balaban J connectivity index is 0.00000320. The summed E-state index contributed by atoms with van der Waals surface area (Å²) in [6, 6.07) is 0.545. The number of amides is 1. The lowest BCUT2D eigenvalue weighted by Crippen LogP contribution is -2.47. The molecule has 3 aliphatic rings. The van der Waals surface area contributed by atoms with E-state index in [1.807, 2.05) is 0 Å². The Morgan fingerprint density at radius 3 is 2.40 bits per heavy atom. The van der Waals surface area contributed by atoms with Crippen LogP contribution in [0.5, 0.6) is 0 Å². The summed E-state index contributed by atoms with van der Waals surface area (Å²) in [6.45, 7) is 11.5. The number of likely N-dealkylation sites (N-methyl/N-ethyl adjacent to an activating group) is 1. The van der Waals surface area contributed by atoms with Gasteiger partial charge in [-0.25, -0.2) is 4.99 Å². The Kier molecular flexibility index (Phi) is 11.6. The number of morpholine rings is 2. The summed E-state index contributed by atoms with van der Waals surface area (Å²) in [5, 5.41) is 3.52. The van der Waals surface area contributed by atoms with Gasteiger partial charge in [-0.1, -0.05) is 0 Å². The van der Waals surface area contributed by atoms with Crippen molar-refractivity contribution in [1.29, 1.82) is 0 Å². The first kappa shape index (κ1) is 25.6. The molecule has 0 aromatic carbocycles. The van der Waals surface area contributed by atoms with Gasteiger partial charge in [-0.3, -0.25) is 14.6 Å². The summed E-state index contributed by atoms with van der Waals surface area (Å²) >= 11 is 0. The third-order valence-corrected chi connectivity index (χ3v) is 5.93. The Morgan fingerprint density at radius 1 is 1.07 bits per heavy atom. The molecule has 0 bridgehead atoms. The predicted octanol–water partition coefficient (Wildman–Crippen LogP) is -0.233. The molecule has 1 amide bonds. The SMILES string of the molecule is CN(C)C(=O)CN=C(NCCCN1CCOCC1)N1CCC(N2CCOCC2)C1.I. The fraction of sp³-hybridized carbons (Fsp3) is 0.900. The van der Waals surface area contributed by atoms with Gasteiger partial charge in [-0.15, -0.1) is 24.0 Å². The van der Waals surface area contributed by atoms with Crippen molar-refractivity contribution in [2.24, 2.45) is 4.99 Å². The first-order chi connectivity index (χ1) is 14.1. The van der Waals surface area contributed by atoms with Crippen LogP contribution in [0.15, 0.2) is 4.99 Å².